The molecule has 106 valence electrons. The number of aryl methyl sites for hydroxylation is 1. The highest BCUT2D eigenvalue weighted by Gasteiger charge is 2.10. The maximum Gasteiger partial charge on any atom is 0.270 e. The lowest BCUT2D eigenvalue weighted by Crippen LogP contribution is -2.27. The topological polar surface area (TPSA) is 66.9 Å². The third-order valence-corrected chi connectivity index (χ3v) is 2.51. The molecule has 0 saturated carbocycles. The average Bonchev–Trinajstić information content (AvgIpc) is 2.26. The molecule has 0 atom stereocenters. The SMILES string of the molecule is Cc1nc(NC(C)C)cc(C(=O)NCCC(C)C)n1. The molecule has 0 saturated heterocycles. The lowest BCUT2D eigenvalue weighted by molar-refractivity contribution is 0.0946. The van der Waals surface area contributed by atoms with Crippen LogP contribution < -0.4 is 10.6 Å². The number of aromatic nitrogens is 2. The zero-order chi connectivity index (χ0) is 14.4. The van der Waals surface area contributed by atoms with Crippen molar-refractivity contribution >= 4 is 11.7 Å². The van der Waals surface area contributed by atoms with Gasteiger partial charge in [0.2, 0.25) is 0 Å². The molecular formula is C14H24N4O. The van der Waals surface area contributed by atoms with Gasteiger partial charge in [0.1, 0.15) is 17.3 Å². The molecule has 2 N–H and O–H groups in total. The number of anilines is 1. The van der Waals surface area contributed by atoms with E-state index in [-0.39, 0.29) is 11.9 Å². The standard InChI is InChI=1S/C14H24N4O/c1-9(2)6-7-15-14(19)12-8-13(16-10(3)4)18-11(5)17-12/h8-10H,6-7H2,1-5H3,(H,15,19)(H,16,17,18). The van der Waals surface area contributed by atoms with Gasteiger partial charge >= 0.3 is 0 Å². The summed E-state index contributed by atoms with van der Waals surface area (Å²) in [4.78, 5) is 20.4. The van der Waals surface area contributed by atoms with Crippen molar-refractivity contribution in [3.05, 3.63) is 17.6 Å². The maximum absolute atomic E-state index is 12.0. The first kappa shape index (κ1) is 15.4. The first-order valence-electron chi connectivity index (χ1n) is 6.79. The summed E-state index contributed by atoms with van der Waals surface area (Å²) in [5, 5.41) is 6.07. The zero-order valence-corrected chi connectivity index (χ0v) is 12.4. The number of carbonyl (C=O) groups excluding carboxylic acids is 1. The normalized spacial score (nSPS) is 10.9. The van der Waals surface area contributed by atoms with E-state index in [1.807, 2.05) is 13.8 Å². The molecule has 0 aliphatic heterocycles. The summed E-state index contributed by atoms with van der Waals surface area (Å²) >= 11 is 0. The Labute approximate surface area is 115 Å². The fraction of sp³-hybridized carbons (Fsp3) is 0.643. The number of amides is 1. The molecule has 0 aromatic carbocycles. The number of nitrogens with one attached hydrogen (secondary N) is 2. The van der Waals surface area contributed by atoms with E-state index in [0.717, 1.165) is 6.42 Å². The van der Waals surface area contributed by atoms with Crippen molar-refractivity contribution in [3.8, 4) is 0 Å². The molecule has 19 heavy (non-hydrogen) atoms. The lowest BCUT2D eigenvalue weighted by Gasteiger charge is -2.11. The summed E-state index contributed by atoms with van der Waals surface area (Å²) in [6.45, 7) is 10.8. The Morgan fingerprint density at radius 1 is 1.26 bits per heavy atom. The molecule has 1 heterocycles. The molecule has 0 fully saturated rings. The smallest absolute Gasteiger partial charge is 0.270 e. The molecule has 0 radical (unpaired) electrons. The molecule has 0 aliphatic rings. The fourth-order valence-corrected chi connectivity index (χ4v) is 1.62. The van der Waals surface area contributed by atoms with Gasteiger partial charge in [0.25, 0.3) is 5.91 Å². The number of nitrogens with zero attached hydrogens (tertiary/aromatic N) is 2. The molecule has 1 amide bonds. The third kappa shape index (κ3) is 5.68. The highest BCUT2D eigenvalue weighted by Crippen LogP contribution is 2.08. The van der Waals surface area contributed by atoms with Gasteiger partial charge in [-0.15, -0.1) is 0 Å². The van der Waals surface area contributed by atoms with E-state index in [0.29, 0.717) is 29.8 Å². The summed E-state index contributed by atoms with van der Waals surface area (Å²) in [6, 6.07) is 1.96. The molecule has 1 aromatic rings. The van der Waals surface area contributed by atoms with Gasteiger partial charge in [-0.1, -0.05) is 13.8 Å². The highest BCUT2D eigenvalue weighted by molar-refractivity contribution is 5.92. The van der Waals surface area contributed by atoms with Crippen LogP contribution in [-0.2, 0) is 0 Å². The van der Waals surface area contributed by atoms with Crippen LogP contribution in [0.15, 0.2) is 6.07 Å². The summed E-state index contributed by atoms with van der Waals surface area (Å²) in [5.41, 5.74) is 0.416. The Bertz CT molecular complexity index is 429. The van der Waals surface area contributed by atoms with Crippen LogP contribution >= 0.6 is 0 Å². The molecule has 0 aliphatic carbocycles. The van der Waals surface area contributed by atoms with Crippen molar-refractivity contribution < 1.29 is 4.79 Å². The summed E-state index contributed by atoms with van der Waals surface area (Å²) < 4.78 is 0. The molecular weight excluding hydrogens is 240 g/mol. The average molecular weight is 264 g/mol. The van der Waals surface area contributed by atoms with Crippen LogP contribution in [0.5, 0.6) is 0 Å². The molecule has 1 aromatic heterocycles. The summed E-state index contributed by atoms with van der Waals surface area (Å²) in [7, 11) is 0. The van der Waals surface area contributed by atoms with Gasteiger partial charge in [0, 0.05) is 18.7 Å². The first-order valence-corrected chi connectivity index (χ1v) is 6.79. The van der Waals surface area contributed by atoms with Gasteiger partial charge in [-0.3, -0.25) is 4.79 Å². The Morgan fingerprint density at radius 2 is 1.95 bits per heavy atom. The zero-order valence-electron chi connectivity index (χ0n) is 12.4. The van der Waals surface area contributed by atoms with Crippen LogP contribution in [-0.4, -0.2) is 28.5 Å². The van der Waals surface area contributed by atoms with E-state index in [1.54, 1.807) is 13.0 Å². The van der Waals surface area contributed by atoms with E-state index in [4.69, 9.17) is 0 Å². The minimum Gasteiger partial charge on any atom is -0.368 e. The number of carbonyl (C=O) groups is 1. The Morgan fingerprint density at radius 3 is 2.53 bits per heavy atom. The second-order valence-electron chi connectivity index (χ2n) is 5.42. The Kier molecular flexibility index (Phi) is 5.73. The van der Waals surface area contributed by atoms with Gasteiger partial charge in [0.15, 0.2) is 0 Å². The van der Waals surface area contributed by atoms with Crippen LogP contribution in [0.1, 0.15) is 50.4 Å². The predicted molar refractivity (Wildman–Crippen MR) is 77.3 cm³/mol. The molecule has 0 spiro atoms. The number of rotatable bonds is 6. The van der Waals surface area contributed by atoms with Crippen molar-refractivity contribution in [2.45, 2.75) is 47.1 Å². The van der Waals surface area contributed by atoms with Crippen LogP contribution in [0.2, 0.25) is 0 Å². The van der Waals surface area contributed by atoms with Crippen molar-refractivity contribution in [2.24, 2.45) is 5.92 Å². The fourth-order valence-electron chi connectivity index (χ4n) is 1.62. The van der Waals surface area contributed by atoms with Crippen LogP contribution in [0, 0.1) is 12.8 Å². The Balaban J connectivity index is 2.71. The quantitative estimate of drug-likeness (QED) is 0.828. The number of hydrogen-bond acceptors (Lipinski definition) is 4. The Hall–Kier alpha value is -1.65. The van der Waals surface area contributed by atoms with E-state index in [2.05, 4.69) is 34.4 Å². The highest BCUT2D eigenvalue weighted by atomic mass is 16.1. The number of hydrogen-bond donors (Lipinski definition) is 2. The van der Waals surface area contributed by atoms with E-state index in [9.17, 15) is 4.79 Å². The van der Waals surface area contributed by atoms with Crippen LogP contribution in [0.3, 0.4) is 0 Å². The second kappa shape index (κ2) is 7.07. The second-order valence-corrected chi connectivity index (χ2v) is 5.42. The minimum absolute atomic E-state index is 0.141. The predicted octanol–water partition coefficient (Wildman–Crippen LogP) is 2.38. The first-order chi connectivity index (χ1) is 8.88. The van der Waals surface area contributed by atoms with E-state index in [1.165, 1.54) is 0 Å². The molecule has 5 heteroatoms. The van der Waals surface area contributed by atoms with E-state index < -0.39 is 0 Å². The van der Waals surface area contributed by atoms with Crippen LogP contribution in [0.4, 0.5) is 5.82 Å². The lowest BCUT2D eigenvalue weighted by atomic mass is 10.1. The van der Waals surface area contributed by atoms with Gasteiger partial charge in [0.05, 0.1) is 0 Å². The van der Waals surface area contributed by atoms with Crippen molar-refractivity contribution in [1.82, 2.24) is 15.3 Å². The van der Waals surface area contributed by atoms with Crippen LogP contribution in [0.25, 0.3) is 0 Å². The van der Waals surface area contributed by atoms with E-state index >= 15 is 0 Å². The van der Waals surface area contributed by atoms with Gasteiger partial charge in [-0.25, -0.2) is 9.97 Å². The monoisotopic (exact) mass is 264 g/mol. The molecule has 1 rings (SSSR count). The summed E-state index contributed by atoms with van der Waals surface area (Å²) in [5.74, 6) is 1.72. The largest absolute Gasteiger partial charge is 0.368 e. The van der Waals surface area contributed by atoms with Crippen molar-refractivity contribution in [3.63, 3.8) is 0 Å². The minimum atomic E-state index is -0.141. The molecule has 0 bridgehead atoms. The van der Waals surface area contributed by atoms with Crippen molar-refractivity contribution in [2.75, 3.05) is 11.9 Å². The van der Waals surface area contributed by atoms with Gasteiger partial charge in [-0.2, -0.15) is 0 Å². The maximum atomic E-state index is 12.0. The molecule has 0 unspecified atom stereocenters. The third-order valence-electron chi connectivity index (χ3n) is 2.51. The van der Waals surface area contributed by atoms with Crippen molar-refractivity contribution in [1.29, 1.82) is 0 Å². The molecule has 5 nitrogen and oxygen atoms in total. The summed E-state index contributed by atoms with van der Waals surface area (Å²) in [6.07, 6.45) is 0.965. The van der Waals surface area contributed by atoms with Gasteiger partial charge < -0.3 is 10.6 Å². The van der Waals surface area contributed by atoms with Gasteiger partial charge in [-0.05, 0) is 33.1 Å².